The molecule has 0 fully saturated rings. The minimum Gasteiger partial charge on any atom is -0.507 e. The van der Waals surface area contributed by atoms with Gasteiger partial charge in [0, 0.05) is 5.56 Å². The highest BCUT2D eigenvalue weighted by Crippen LogP contribution is 2.31. The van der Waals surface area contributed by atoms with Crippen LogP contribution < -0.4 is 0 Å². The van der Waals surface area contributed by atoms with E-state index in [-0.39, 0.29) is 22.6 Å². The van der Waals surface area contributed by atoms with E-state index in [1.807, 2.05) is 20.8 Å². The summed E-state index contributed by atoms with van der Waals surface area (Å²) in [6, 6.07) is 3.24. The quantitative estimate of drug-likeness (QED) is 0.784. The molecule has 0 spiro atoms. The molecule has 1 aromatic carbocycles. The first-order valence-electron chi connectivity index (χ1n) is 4.93. The molecule has 4 heteroatoms. The highest BCUT2D eigenvalue weighted by molar-refractivity contribution is 6.17. The molecular formula is C12H15ClO3. The van der Waals surface area contributed by atoms with Crippen molar-refractivity contribution in [3.63, 3.8) is 0 Å². The summed E-state index contributed by atoms with van der Waals surface area (Å²) in [5, 5.41) is 18.7. The third kappa shape index (κ3) is 2.47. The minimum absolute atomic E-state index is 0.0933. The lowest BCUT2D eigenvalue weighted by Gasteiger charge is -2.21. The summed E-state index contributed by atoms with van der Waals surface area (Å²) in [4.78, 5) is 11.0. The van der Waals surface area contributed by atoms with E-state index in [1.165, 1.54) is 6.07 Å². The summed E-state index contributed by atoms with van der Waals surface area (Å²) < 4.78 is 0. The van der Waals surface area contributed by atoms with Gasteiger partial charge in [-0.05, 0) is 17.0 Å². The normalized spacial score (nSPS) is 11.5. The van der Waals surface area contributed by atoms with Crippen LogP contribution in [-0.4, -0.2) is 16.2 Å². The van der Waals surface area contributed by atoms with Gasteiger partial charge >= 0.3 is 5.97 Å². The molecule has 0 saturated heterocycles. The van der Waals surface area contributed by atoms with Gasteiger partial charge in [0.1, 0.15) is 11.3 Å². The Kier molecular flexibility index (Phi) is 3.48. The van der Waals surface area contributed by atoms with E-state index in [2.05, 4.69) is 0 Å². The average molecular weight is 243 g/mol. The van der Waals surface area contributed by atoms with Gasteiger partial charge in [0.2, 0.25) is 0 Å². The Bertz CT molecular complexity index is 419. The van der Waals surface area contributed by atoms with Gasteiger partial charge in [0.15, 0.2) is 0 Å². The molecular weight excluding hydrogens is 228 g/mol. The third-order valence-corrected chi connectivity index (χ3v) is 2.72. The molecule has 0 radical (unpaired) electrons. The fraction of sp³-hybridized carbons (Fsp3) is 0.417. The first kappa shape index (κ1) is 12.8. The number of rotatable bonds is 2. The van der Waals surface area contributed by atoms with Crippen molar-refractivity contribution in [3.8, 4) is 5.75 Å². The lowest BCUT2D eigenvalue weighted by atomic mass is 9.85. The van der Waals surface area contributed by atoms with Gasteiger partial charge in [-0.1, -0.05) is 26.8 Å². The number of hydrogen-bond donors (Lipinski definition) is 2. The number of halogens is 1. The maximum atomic E-state index is 11.0. The second-order valence-corrected chi connectivity index (χ2v) is 4.99. The third-order valence-electron chi connectivity index (χ3n) is 2.43. The maximum absolute atomic E-state index is 11.0. The molecule has 0 atom stereocenters. The van der Waals surface area contributed by atoms with E-state index in [9.17, 15) is 9.90 Å². The average Bonchev–Trinajstić information content (AvgIpc) is 2.15. The van der Waals surface area contributed by atoms with E-state index in [1.54, 1.807) is 6.07 Å². The Morgan fingerprint density at radius 1 is 1.38 bits per heavy atom. The Hall–Kier alpha value is -1.22. The second-order valence-electron chi connectivity index (χ2n) is 4.72. The van der Waals surface area contributed by atoms with Crippen molar-refractivity contribution in [2.75, 3.05) is 0 Å². The zero-order valence-electron chi connectivity index (χ0n) is 9.54. The lowest BCUT2D eigenvalue weighted by molar-refractivity contribution is 0.0693. The molecule has 0 unspecified atom stereocenters. The van der Waals surface area contributed by atoms with Crippen LogP contribution in [-0.2, 0) is 11.3 Å². The zero-order chi connectivity index (χ0) is 12.5. The highest BCUT2D eigenvalue weighted by Gasteiger charge is 2.21. The SMILES string of the molecule is CC(C)(C)c1cc(CCl)c(O)c(C(=O)O)c1. The monoisotopic (exact) mass is 242 g/mol. The Labute approximate surface area is 99.7 Å². The van der Waals surface area contributed by atoms with Gasteiger partial charge in [0.05, 0.1) is 5.88 Å². The highest BCUT2D eigenvalue weighted by atomic mass is 35.5. The summed E-state index contributed by atoms with van der Waals surface area (Å²) in [5.41, 5.74) is 1.02. The van der Waals surface area contributed by atoms with E-state index in [0.29, 0.717) is 5.56 Å². The van der Waals surface area contributed by atoms with E-state index >= 15 is 0 Å². The number of carboxylic acids is 1. The topological polar surface area (TPSA) is 57.5 Å². The number of phenols is 1. The van der Waals surface area contributed by atoms with Crippen molar-refractivity contribution >= 4 is 17.6 Å². The summed E-state index contributed by atoms with van der Waals surface area (Å²) in [7, 11) is 0. The molecule has 16 heavy (non-hydrogen) atoms. The first-order valence-corrected chi connectivity index (χ1v) is 5.46. The number of carbonyl (C=O) groups is 1. The van der Waals surface area contributed by atoms with Crippen LogP contribution in [0.4, 0.5) is 0 Å². The van der Waals surface area contributed by atoms with Crippen molar-refractivity contribution < 1.29 is 15.0 Å². The number of hydrogen-bond acceptors (Lipinski definition) is 2. The maximum Gasteiger partial charge on any atom is 0.339 e. The molecule has 0 bridgehead atoms. The van der Waals surface area contributed by atoms with Crippen LogP contribution in [0.15, 0.2) is 12.1 Å². The van der Waals surface area contributed by atoms with Crippen molar-refractivity contribution in [2.24, 2.45) is 0 Å². The van der Waals surface area contributed by atoms with Crippen LogP contribution in [0.25, 0.3) is 0 Å². The van der Waals surface area contributed by atoms with Crippen LogP contribution in [0.5, 0.6) is 5.75 Å². The molecule has 0 aliphatic rings. The molecule has 0 saturated carbocycles. The molecule has 1 rings (SSSR count). The number of aromatic carboxylic acids is 1. The van der Waals surface area contributed by atoms with Crippen LogP contribution in [0.2, 0.25) is 0 Å². The number of carboxylic acid groups (broad SMARTS) is 1. The van der Waals surface area contributed by atoms with Gasteiger partial charge in [0.25, 0.3) is 0 Å². The fourth-order valence-electron chi connectivity index (χ4n) is 1.39. The smallest absolute Gasteiger partial charge is 0.339 e. The van der Waals surface area contributed by atoms with E-state index in [0.717, 1.165) is 5.56 Å². The van der Waals surface area contributed by atoms with Gasteiger partial charge < -0.3 is 10.2 Å². The van der Waals surface area contributed by atoms with Crippen molar-refractivity contribution in [2.45, 2.75) is 32.1 Å². The van der Waals surface area contributed by atoms with Gasteiger partial charge in [-0.25, -0.2) is 4.79 Å². The molecule has 3 nitrogen and oxygen atoms in total. The molecule has 0 heterocycles. The molecule has 1 aromatic rings. The summed E-state index contributed by atoms with van der Waals surface area (Å²) >= 11 is 5.68. The largest absolute Gasteiger partial charge is 0.507 e. The molecule has 0 aromatic heterocycles. The molecule has 88 valence electrons. The standard InChI is InChI=1S/C12H15ClO3/c1-12(2,3)8-4-7(6-13)10(14)9(5-8)11(15)16/h4-5,14H,6H2,1-3H3,(H,15,16). The second kappa shape index (κ2) is 4.34. The Balaban J connectivity index is 3.46. The van der Waals surface area contributed by atoms with Crippen LogP contribution >= 0.6 is 11.6 Å². The van der Waals surface area contributed by atoms with Gasteiger partial charge in [-0.3, -0.25) is 0 Å². The fourth-order valence-corrected chi connectivity index (χ4v) is 1.60. The predicted octanol–water partition coefficient (Wildman–Crippen LogP) is 3.13. The Morgan fingerprint density at radius 2 is 1.94 bits per heavy atom. The van der Waals surface area contributed by atoms with Gasteiger partial charge in [-0.15, -0.1) is 11.6 Å². The van der Waals surface area contributed by atoms with Crippen molar-refractivity contribution in [3.05, 3.63) is 28.8 Å². The molecule has 2 N–H and O–H groups in total. The van der Waals surface area contributed by atoms with E-state index < -0.39 is 5.97 Å². The molecule has 0 aliphatic heterocycles. The first-order chi connectivity index (χ1) is 7.27. The lowest BCUT2D eigenvalue weighted by Crippen LogP contribution is -2.13. The zero-order valence-corrected chi connectivity index (χ0v) is 10.3. The van der Waals surface area contributed by atoms with Crippen LogP contribution in [0.3, 0.4) is 0 Å². The molecule has 0 amide bonds. The van der Waals surface area contributed by atoms with Gasteiger partial charge in [-0.2, -0.15) is 0 Å². The predicted molar refractivity (Wildman–Crippen MR) is 63.3 cm³/mol. The summed E-state index contributed by atoms with van der Waals surface area (Å²) in [6.45, 7) is 5.93. The van der Waals surface area contributed by atoms with Crippen LogP contribution in [0, 0.1) is 0 Å². The number of alkyl halides is 1. The summed E-state index contributed by atoms with van der Waals surface area (Å²) in [5.74, 6) is -1.29. The van der Waals surface area contributed by atoms with Crippen molar-refractivity contribution in [1.82, 2.24) is 0 Å². The number of benzene rings is 1. The Morgan fingerprint density at radius 3 is 2.31 bits per heavy atom. The number of aromatic hydroxyl groups is 1. The van der Waals surface area contributed by atoms with E-state index in [4.69, 9.17) is 16.7 Å². The van der Waals surface area contributed by atoms with Crippen LogP contribution in [0.1, 0.15) is 42.3 Å². The summed E-state index contributed by atoms with van der Waals surface area (Å²) in [6.07, 6.45) is 0. The van der Waals surface area contributed by atoms with Crippen molar-refractivity contribution in [1.29, 1.82) is 0 Å². The molecule has 0 aliphatic carbocycles. The minimum atomic E-state index is -1.14.